The molecule has 0 amide bonds. The number of ether oxygens (including phenoxy) is 1. The van der Waals surface area contributed by atoms with Crippen molar-refractivity contribution in [3.05, 3.63) is 0 Å². The first-order valence-corrected chi connectivity index (χ1v) is 9.46. The number of guanidine groups is 1. The van der Waals surface area contributed by atoms with Gasteiger partial charge in [-0.3, -0.25) is 4.99 Å². The highest BCUT2D eigenvalue weighted by atomic mass is 127. The Bertz CT molecular complexity index is 412. The van der Waals surface area contributed by atoms with Crippen molar-refractivity contribution in [1.29, 1.82) is 0 Å². The molecule has 2 unspecified atom stereocenters. The summed E-state index contributed by atoms with van der Waals surface area (Å²) in [5.41, 5.74) is 0.404. The molecule has 0 aromatic carbocycles. The van der Waals surface area contributed by atoms with Crippen molar-refractivity contribution in [3.8, 4) is 0 Å². The number of nitrogens with zero attached hydrogens (tertiary/aromatic N) is 3. The highest BCUT2D eigenvalue weighted by Crippen LogP contribution is 2.38. The van der Waals surface area contributed by atoms with E-state index in [0.29, 0.717) is 5.41 Å². The number of halogens is 1. The molecule has 0 aromatic heterocycles. The Kier molecular flexibility index (Phi) is 8.07. The summed E-state index contributed by atoms with van der Waals surface area (Å²) in [7, 11) is 1.91. The molecule has 2 atom stereocenters. The quantitative estimate of drug-likeness (QED) is 0.309. The third kappa shape index (κ3) is 5.21. The summed E-state index contributed by atoms with van der Waals surface area (Å²) in [6, 6.07) is 0. The van der Waals surface area contributed by atoms with Gasteiger partial charge in [0.15, 0.2) is 5.96 Å². The second kappa shape index (κ2) is 9.57. The van der Waals surface area contributed by atoms with Gasteiger partial charge in [0, 0.05) is 45.2 Å². The molecule has 0 saturated carbocycles. The Morgan fingerprint density at radius 2 is 2.21 bits per heavy atom. The second-order valence-electron chi connectivity index (χ2n) is 7.85. The van der Waals surface area contributed by atoms with Crippen LogP contribution in [0.4, 0.5) is 0 Å². The molecule has 3 fully saturated rings. The van der Waals surface area contributed by atoms with Crippen molar-refractivity contribution in [1.82, 2.24) is 15.1 Å². The zero-order valence-electron chi connectivity index (χ0n) is 15.4. The molecule has 1 N–H and O–H groups in total. The third-order valence-electron chi connectivity index (χ3n) is 5.81. The molecule has 24 heavy (non-hydrogen) atoms. The van der Waals surface area contributed by atoms with E-state index in [1.54, 1.807) is 0 Å². The van der Waals surface area contributed by atoms with Crippen LogP contribution in [0.1, 0.15) is 39.0 Å². The SMILES string of the molecule is CN=C(NCCCN1CCCC(C)C1)N1CCC2(CCOC2)C1.I. The third-order valence-corrected chi connectivity index (χ3v) is 5.81. The fourth-order valence-corrected chi connectivity index (χ4v) is 4.41. The summed E-state index contributed by atoms with van der Waals surface area (Å²) in [4.78, 5) is 9.55. The number of rotatable bonds is 4. The lowest BCUT2D eigenvalue weighted by molar-refractivity contribution is 0.156. The van der Waals surface area contributed by atoms with Gasteiger partial charge in [0.25, 0.3) is 0 Å². The van der Waals surface area contributed by atoms with Crippen LogP contribution < -0.4 is 5.32 Å². The molecule has 0 aliphatic carbocycles. The standard InChI is InChI=1S/C18H34N4O.HI/c1-16-5-3-9-21(13-16)10-4-8-20-17(19-2)22-11-6-18(14-22)7-12-23-15-18;/h16H,3-15H2,1-2H3,(H,19,20);1H. The van der Waals surface area contributed by atoms with Crippen molar-refractivity contribution >= 4 is 29.9 Å². The number of hydrogen-bond acceptors (Lipinski definition) is 3. The van der Waals surface area contributed by atoms with Gasteiger partial charge in [0.1, 0.15) is 0 Å². The first kappa shape index (κ1) is 20.2. The Balaban J connectivity index is 0.00000208. The average molecular weight is 450 g/mol. The van der Waals surface area contributed by atoms with Crippen molar-refractivity contribution in [3.63, 3.8) is 0 Å². The Morgan fingerprint density at radius 3 is 2.92 bits per heavy atom. The lowest BCUT2D eigenvalue weighted by atomic mass is 9.87. The Hall–Kier alpha value is -0.0800. The van der Waals surface area contributed by atoms with Crippen LogP contribution in [0.2, 0.25) is 0 Å². The van der Waals surface area contributed by atoms with Gasteiger partial charge in [-0.25, -0.2) is 0 Å². The van der Waals surface area contributed by atoms with Gasteiger partial charge in [-0.1, -0.05) is 6.92 Å². The van der Waals surface area contributed by atoms with Gasteiger partial charge in [-0.2, -0.15) is 0 Å². The smallest absolute Gasteiger partial charge is 0.193 e. The van der Waals surface area contributed by atoms with Crippen LogP contribution in [0.15, 0.2) is 4.99 Å². The summed E-state index contributed by atoms with van der Waals surface area (Å²) in [5.74, 6) is 1.96. The van der Waals surface area contributed by atoms with Crippen LogP contribution in [0.5, 0.6) is 0 Å². The normalized spacial score (nSPS) is 31.5. The van der Waals surface area contributed by atoms with Crippen molar-refractivity contribution in [2.75, 3.05) is 59.5 Å². The summed E-state index contributed by atoms with van der Waals surface area (Å²) in [6.07, 6.45) is 6.44. The maximum absolute atomic E-state index is 5.63. The van der Waals surface area contributed by atoms with E-state index in [1.165, 1.54) is 51.7 Å². The van der Waals surface area contributed by atoms with Crippen LogP contribution in [-0.2, 0) is 4.74 Å². The molecule has 0 aromatic rings. The number of hydrogen-bond donors (Lipinski definition) is 1. The molecule has 3 aliphatic rings. The van der Waals surface area contributed by atoms with E-state index in [0.717, 1.165) is 44.7 Å². The minimum atomic E-state index is 0. The van der Waals surface area contributed by atoms with E-state index >= 15 is 0 Å². The number of aliphatic imine (C=N–C) groups is 1. The zero-order chi connectivity index (χ0) is 16.1. The average Bonchev–Trinajstić information content (AvgIpc) is 3.18. The van der Waals surface area contributed by atoms with Crippen LogP contribution in [0.3, 0.4) is 0 Å². The number of piperidine rings is 1. The molecule has 3 heterocycles. The molecule has 0 bridgehead atoms. The van der Waals surface area contributed by atoms with E-state index in [1.807, 2.05) is 7.05 Å². The molecule has 1 spiro atoms. The topological polar surface area (TPSA) is 40.1 Å². The van der Waals surface area contributed by atoms with Gasteiger partial charge in [-0.05, 0) is 51.1 Å². The van der Waals surface area contributed by atoms with Crippen molar-refractivity contribution < 1.29 is 4.74 Å². The fraction of sp³-hybridized carbons (Fsp3) is 0.944. The second-order valence-corrected chi connectivity index (χ2v) is 7.85. The lowest BCUT2D eigenvalue weighted by Gasteiger charge is -2.31. The zero-order valence-corrected chi connectivity index (χ0v) is 17.8. The number of nitrogens with one attached hydrogen (secondary N) is 1. The first-order chi connectivity index (χ1) is 11.2. The van der Waals surface area contributed by atoms with Crippen LogP contribution in [-0.4, -0.2) is 75.3 Å². The van der Waals surface area contributed by atoms with E-state index in [-0.39, 0.29) is 24.0 Å². The van der Waals surface area contributed by atoms with Gasteiger partial charge in [-0.15, -0.1) is 24.0 Å². The lowest BCUT2D eigenvalue weighted by Crippen LogP contribution is -2.42. The van der Waals surface area contributed by atoms with E-state index in [9.17, 15) is 0 Å². The Labute approximate surface area is 164 Å². The predicted octanol–water partition coefficient (Wildman–Crippen LogP) is 2.41. The molecular formula is C18H35IN4O. The minimum Gasteiger partial charge on any atom is -0.381 e. The first-order valence-electron chi connectivity index (χ1n) is 9.46. The van der Waals surface area contributed by atoms with E-state index in [4.69, 9.17) is 4.74 Å². The molecule has 5 nitrogen and oxygen atoms in total. The van der Waals surface area contributed by atoms with Crippen molar-refractivity contribution in [2.45, 2.75) is 39.0 Å². The molecule has 3 saturated heterocycles. The van der Waals surface area contributed by atoms with Gasteiger partial charge in [0.2, 0.25) is 0 Å². The molecule has 0 radical (unpaired) electrons. The maximum Gasteiger partial charge on any atom is 0.193 e. The van der Waals surface area contributed by atoms with Crippen LogP contribution in [0, 0.1) is 11.3 Å². The minimum absolute atomic E-state index is 0. The summed E-state index contributed by atoms with van der Waals surface area (Å²) >= 11 is 0. The highest BCUT2D eigenvalue weighted by molar-refractivity contribution is 14.0. The summed E-state index contributed by atoms with van der Waals surface area (Å²) < 4.78 is 5.63. The molecule has 3 aliphatic heterocycles. The summed E-state index contributed by atoms with van der Waals surface area (Å²) in [6.45, 7) is 11.3. The van der Waals surface area contributed by atoms with Gasteiger partial charge in [0.05, 0.1) is 6.61 Å². The fourth-order valence-electron chi connectivity index (χ4n) is 4.41. The largest absolute Gasteiger partial charge is 0.381 e. The van der Waals surface area contributed by atoms with Crippen molar-refractivity contribution in [2.24, 2.45) is 16.3 Å². The molecule has 140 valence electrons. The molecular weight excluding hydrogens is 415 g/mol. The predicted molar refractivity (Wildman–Crippen MR) is 110 cm³/mol. The number of likely N-dealkylation sites (tertiary alicyclic amines) is 2. The van der Waals surface area contributed by atoms with Gasteiger partial charge < -0.3 is 19.9 Å². The van der Waals surface area contributed by atoms with E-state index < -0.39 is 0 Å². The highest BCUT2D eigenvalue weighted by Gasteiger charge is 2.42. The molecule has 3 rings (SSSR count). The molecule has 6 heteroatoms. The van der Waals surface area contributed by atoms with E-state index in [2.05, 4.69) is 27.0 Å². The van der Waals surface area contributed by atoms with Crippen LogP contribution in [0.25, 0.3) is 0 Å². The van der Waals surface area contributed by atoms with Crippen LogP contribution >= 0.6 is 24.0 Å². The Morgan fingerprint density at radius 1 is 1.33 bits per heavy atom. The van der Waals surface area contributed by atoms with Gasteiger partial charge >= 0.3 is 0 Å². The maximum atomic E-state index is 5.63. The summed E-state index contributed by atoms with van der Waals surface area (Å²) in [5, 5.41) is 3.58. The monoisotopic (exact) mass is 450 g/mol.